The van der Waals surface area contributed by atoms with Crippen LogP contribution in [0.2, 0.25) is 0 Å². The second-order valence-corrected chi connectivity index (χ2v) is 9.13. The summed E-state index contributed by atoms with van der Waals surface area (Å²) in [5, 5.41) is 6.93. The van der Waals surface area contributed by atoms with E-state index in [0.29, 0.717) is 19.1 Å². The van der Waals surface area contributed by atoms with Crippen LogP contribution in [0, 0.1) is 12.8 Å². The van der Waals surface area contributed by atoms with Crippen molar-refractivity contribution in [2.75, 3.05) is 65.6 Å². The number of ether oxygens (including phenoxy) is 2. The van der Waals surface area contributed by atoms with E-state index >= 15 is 0 Å². The van der Waals surface area contributed by atoms with Gasteiger partial charge in [-0.25, -0.2) is 4.99 Å². The summed E-state index contributed by atoms with van der Waals surface area (Å²) in [5.41, 5.74) is 2.31. The van der Waals surface area contributed by atoms with Crippen molar-refractivity contribution in [1.29, 1.82) is 0 Å². The molecular weight excluding hydrogens is 402 g/mol. The molecule has 32 heavy (non-hydrogen) atoms. The van der Waals surface area contributed by atoms with Crippen LogP contribution in [-0.2, 0) is 11.3 Å². The number of aliphatic imine (C=N–C) groups is 1. The molecule has 2 atom stereocenters. The first-order valence-corrected chi connectivity index (χ1v) is 12.4. The van der Waals surface area contributed by atoms with Gasteiger partial charge in [0.1, 0.15) is 11.9 Å². The zero-order valence-corrected chi connectivity index (χ0v) is 20.5. The van der Waals surface area contributed by atoms with Gasteiger partial charge in [0.25, 0.3) is 0 Å². The van der Waals surface area contributed by atoms with Gasteiger partial charge in [0.15, 0.2) is 5.96 Å². The van der Waals surface area contributed by atoms with Gasteiger partial charge < -0.3 is 29.9 Å². The summed E-state index contributed by atoms with van der Waals surface area (Å²) in [5.74, 6) is 2.36. The molecule has 7 nitrogen and oxygen atoms in total. The molecule has 0 amide bonds. The van der Waals surface area contributed by atoms with Crippen molar-refractivity contribution in [2.45, 2.75) is 46.8 Å². The molecule has 2 unspecified atom stereocenters. The largest absolute Gasteiger partial charge is 0.488 e. The lowest BCUT2D eigenvalue weighted by Crippen LogP contribution is -2.48. The summed E-state index contributed by atoms with van der Waals surface area (Å²) >= 11 is 0. The van der Waals surface area contributed by atoms with Gasteiger partial charge in [-0.1, -0.05) is 26.0 Å². The van der Waals surface area contributed by atoms with Crippen LogP contribution in [-0.4, -0.2) is 87.4 Å². The standard InChI is InChI=1S/C25H43N5O2/c1-5-26-25(27-16-21(4)18-30-12-10-29(6-2)11-13-30)28-17-22-8-7-20(3)15-24(22)32-23-9-14-31-19-23/h7-8,15,21,23H,5-6,9-14,16-19H2,1-4H3,(H2,26,27,28). The SMILES string of the molecule is CCNC(=NCc1ccc(C)cc1OC1CCOC1)NCC(C)CN1CCN(CC)CC1. The Balaban J connectivity index is 1.52. The molecule has 0 aliphatic carbocycles. The van der Waals surface area contributed by atoms with Crippen molar-refractivity contribution < 1.29 is 9.47 Å². The Bertz CT molecular complexity index is 712. The third-order valence-electron chi connectivity index (χ3n) is 6.26. The van der Waals surface area contributed by atoms with Gasteiger partial charge in [0.2, 0.25) is 0 Å². The predicted molar refractivity (Wildman–Crippen MR) is 132 cm³/mol. The Morgan fingerprint density at radius 1 is 1.19 bits per heavy atom. The van der Waals surface area contributed by atoms with E-state index in [2.05, 4.69) is 66.3 Å². The van der Waals surface area contributed by atoms with Gasteiger partial charge in [-0.3, -0.25) is 0 Å². The van der Waals surface area contributed by atoms with Gasteiger partial charge in [-0.2, -0.15) is 0 Å². The molecule has 7 heteroatoms. The normalized spacial score (nSPS) is 21.5. The van der Waals surface area contributed by atoms with E-state index in [4.69, 9.17) is 14.5 Å². The maximum absolute atomic E-state index is 6.23. The lowest BCUT2D eigenvalue weighted by Gasteiger charge is -2.35. The second-order valence-electron chi connectivity index (χ2n) is 9.13. The molecule has 2 N–H and O–H groups in total. The van der Waals surface area contributed by atoms with E-state index < -0.39 is 0 Å². The highest BCUT2D eigenvalue weighted by atomic mass is 16.5. The number of piperazine rings is 1. The quantitative estimate of drug-likeness (QED) is 0.426. The van der Waals surface area contributed by atoms with Crippen LogP contribution in [0.15, 0.2) is 23.2 Å². The topological polar surface area (TPSA) is 61.4 Å². The number of aryl methyl sites for hydroxylation is 1. The van der Waals surface area contributed by atoms with Crippen LogP contribution in [0.25, 0.3) is 0 Å². The maximum atomic E-state index is 6.23. The molecule has 3 rings (SSSR count). The number of nitrogens with zero attached hydrogens (tertiary/aromatic N) is 3. The lowest BCUT2D eigenvalue weighted by atomic mass is 10.1. The summed E-state index contributed by atoms with van der Waals surface area (Å²) in [6, 6.07) is 6.37. The van der Waals surface area contributed by atoms with Crippen molar-refractivity contribution in [2.24, 2.45) is 10.9 Å². The minimum Gasteiger partial charge on any atom is -0.488 e. The minimum absolute atomic E-state index is 0.144. The van der Waals surface area contributed by atoms with Crippen LogP contribution >= 0.6 is 0 Å². The van der Waals surface area contributed by atoms with E-state index in [0.717, 1.165) is 56.5 Å². The molecule has 1 aromatic rings. The molecule has 180 valence electrons. The van der Waals surface area contributed by atoms with E-state index in [-0.39, 0.29) is 6.10 Å². The molecule has 0 aromatic heterocycles. The highest BCUT2D eigenvalue weighted by Crippen LogP contribution is 2.24. The van der Waals surface area contributed by atoms with E-state index in [9.17, 15) is 0 Å². The molecule has 2 fully saturated rings. The Hall–Kier alpha value is -1.83. The van der Waals surface area contributed by atoms with E-state index in [1.54, 1.807) is 0 Å². The van der Waals surface area contributed by atoms with E-state index in [1.807, 2.05) is 0 Å². The third-order valence-corrected chi connectivity index (χ3v) is 6.26. The van der Waals surface area contributed by atoms with Gasteiger partial charge >= 0.3 is 0 Å². The van der Waals surface area contributed by atoms with Crippen molar-refractivity contribution in [3.05, 3.63) is 29.3 Å². The number of rotatable bonds is 10. The smallest absolute Gasteiger partial charge is 0.191 e. The lowest BCUT2D eigenvalue weighted by molar-refractivity contribution is 0.124. The van der Waals surface area contributed by atoms with Gasteiger partial charge in [-0.15, -0.1) is 0 Å². The zero-order chi connectivity index (χ0) is 22.8. The fourth-order valence-corrected chi connectivity index (χ4v) is 4.26. The van der Waals surface area contributed by atoms with E-state index in [1.165, 1.54) is 31.7 Å². The first kappa shape index (κ1) is 24.8. The van der Waals surface area contributed by atoms with Crippen molar-refractivity contribution >= 4 is 5.96 Å². The maximum Gasteiger partial charge on any atom is 0.191 e. The molecule has 1 aromatic carbocycles. The highest BCUT2D eigenvalue weighted by Gasteiger charge is 2.19. The summed E-state index contributed by atoms with van der Waals surface area (Å²) in [4.78, 5) is 9.97. The third kappa shape index (κ3) is 7.94. The molecule has 2 heterocycles. The molecule has 0 spiro atoms. The Morgan fingerprint density at radius 2 is 1.97 bits per heavy atom. The first-order valence-electron chi connectivity index (χ1n) is 12.4. The summed E-state index contributed by atoms with van der Waals surface area (Å²) < 4.78 is 11.7. The average Bonchev–Trinajstić information content (AvgIpc) is 3.30. The van der Waals surface area contributed by atoms with Gasteiger partial charge in [0.05, 0.1) is 19.8 Å². The monoisotopic (exact) mass is 445 g/mol. The summed E-state index contributed by atoms with van der Waals surface area (Å²) in [6.07, 6.45) is 1.10. The second kappa shape index (κ2) is 13.0. The number of hydrogen-bond donors (Lipinski definition) is 2. The fraction of sp³-hybridized carbons (Fsp3) is 0.720. The minimum atomic E-state index is 0.144. The molecule has 0 saturated carbocycles. The van der Waals surface area contributed by atoms with Gasteiger partial charge in [0, 0.05) is 57.8 Å². The zero-order valence-electron chi connectivity index (χ0n) is 20.5. The van der Waals surface area contributed by atoms with Crippen molar-refractivity contribution in [3.63, 3.8) is 0 Å². The predicted octanol–water partition coefficient (Wildman–Crippen LogP) is 2.49. The Labute approximate surface area is 194 Å². The van der Waals surface area contributed by atoms with Crippen LogP contribution in [0.4, 0.5) is 0 Å². The van der Waals surface area contributed by atoms with Crippen LogP contribution in [0.5, 0.6) is 5.75 Å². The van der Waals surface area contributed by atoms with Crippen LogP contribution in [0.3, 0.4) is 0 Å². The number of nitrogens with one attached hydrogen (secondary N) is 2. The average molecular weight is 446 g/mol. The molecule has 2 saturated heterocycles. The number of likely N-dealkylation sites (N-methyl/N-ethyl adjacent to an activating group) is 1. The summed E-state index contributed by atoms with van der Waals surface area (Å²) in [7, 11) is 0. The molecular formula is C25H43N5O2. The van der Waals surface area contributed by atoms with Crippen molar-refractivity contribution in [1.82, 2.24) is 20.4 Å². The van der Waals surface area contributed by atoms with Gasteiger partial charge in [-0.05, 0) is 37.9 Å². The first-order chi connectivity index (χ1) is 15.6. The highest BCUT2D eigenvalue weighted by molar-refractivity contribution is 5.79. The Kier molecular flexibility index (Phi) is 10.1. The number of guanidine groups is 1. The molecule has 0 radical (unpaired) electrons. The summed E-state index contributed by atoms with van der Waals surface area (Å²) in [6.45, 7) is 19.6. The number of hydrogen-bond acceptors (Lipinski definition) is 5. The van der Waals surface area contributed by atoms with Crippen molar-refractivity contribution in [3.8, 4) is 5.75 Å². The van der Waals surface area contributed by atoms with Crippen LogP contribution in [0.1, 0.15) is 38.3 Å². The molecule has 2 aliphatic rings. The molecule has 0 bridgehead atoms. The Morgan fingerprint density at radius 3 is 2.66 bits per heavy atom. The fourth-order valence-electron chi connectivity index (χ4n) is 4.26. The number of benzene rings is 1. The molecule has 2 aliphatic heterocycles. The van der Waals surface area contributed by atoms with Crippen LogP contribution < -0.4 is 15.4 Å².